The zero-order chi connectivity index (χ0) is 27.7. The number of aliphatic hydroxyl groups excluding tert-OH is 1. The zero-order valence-electron chi connectivity index (χ0n) is 22.4. The van der Waals surface area contributed by atoms with Crippen molar-refractivity contribution in [2.45, 2.75) is 39.8 Å². The van der Waals surface area contributed by atoms with Gasteiger partial charge in [0.05, 0.1) is 29.2 Å². The number of aliphatic hydroxyl groups is 1. The van der Waals surface area contributed by atoms with Crippen molar-refractivity contribution < 1.29 is 14.7 Å². The molecule has 5 aromatic rings. The van der Waals surface area contributed by atoms with E-state index >= 15 is 0 Å². The van der Waals surface area contributed by atoms with Gasteiger partial charge in [-0.15, -0.1) is 0 Å². The highest BCUT2D eigenvalue weighted by molar-refractivity contribution is 7.08. The predicted molar refractivity (Wildman–Crippen MR) is 153 cm³/mol. The van der Waals surface area contributed by atoms with E-state index in [0.717, 1.165) is 28.0 Å². The SMILES string of the molecule is Cc1nc2cc(CNC(=O)c3cccn4c(C(=O)N[C@H](CO)CC(C)C)c(-c5ccsc5)nc34)ccc2n1C. The van der Waals surface area contributed by atoms with Crippen molar-refractivity contribution in [2.24, 2.45) is 13.0 Å². The summed E-state index contributed by atoms with van der Waals surface area (Å²) in [4.78, 5) is 36.2. The van der Waals surface area contributed by atoms with E-state index in [9.17, 15) is 14.7 Å². The monoisotopic (exact) mass is 544 g/mol. The maximum absolute atomic E-state index is 13.5. The number of fused-ring (bicyclic) bond motifs is 2. The van der Waals surface area contributed by atoms with Gasteiger partial charge in [0.2, 0.25) is 0 Å². The van der Waals surface area contributed by atoms with Gasteiger partial charge >= 0.3 is 0 Å². The van der Waals surface area contributed by atoms with Crippen molar-refractivity contribution in [1.82, 2.24) is 29.6 Å². The number of aromatic nitrogens is 4. The number of amides is 2. The van der Waals surface area contributed by atoms with Crippen molar-refractivity contribution in [2.75, 3.05) is 6.61 Å². The first kappa shape index (κ1) is 26.6. The average Bonchev–Trinajstić information content (AvgIpc) is 3.64. The molecule has 0 aliphatic carbocycles. The molecule has 10 heteroatoms. The highest BCUT2D eigenvalue weighted by atomic mass is 32.1. The number of carbonyl (C=O) groups is 2. The molecule has 0 aliphatic heterocycles. The third kappa shape index (κ3) is 5.30. The largest absolute Gasteiger partial charge is 0.394 e. The van der Waals surface area contributed by atoms with Crippen LogP contribution in [0.15, 0.2) is 53.4 Å². The van der Waals surface area contributed by atoms with E-state index in [1.807, 2.05) is 67.4 Å². The Bertz CT molecular complexity index is 1650. The lowest BCUT2D eigenvalue weighted by atomic mass is 10.0. The van der Waals surface area contributed by atoms with Gasteiger partial charge in [-0.05, 0) is 60.5 Å². The lowest BCUT2D eigenvalue weighted by Gasteiger charge is -2.18. The number of carbonyl (C=O) groups excluding carboxylic acids is 2. The van der Waals surface area contributed by atoms with Crippen LogP contribution >= 0.6 is 11.3 Å². The molecule has 0 saturated carbocycles. The number of benzene rings is 1. The molecule has 0 aliphatic rings. The van der Waals surface area contributed by atoms with Crippen LogP contribution in [0.3, 0.4) is 0 Å². The molecule has 3 N–H and O–H groups in total. The molecule has 4 heterocycles. The van der Waals surface area contributed by atoms with E-state index in [-0.39, 0.29) is 24.5 Å². The molecule has 5 rings (SSSR count). The number of thiophene rings is 1. The quantitative estimate of drug-likeness (QED) is 0.256. The Balaban J connectivity index is 1.46. The Morgan fingerprint density at radius 1 is 1.13 bits per heavy atom. The second kappa shape index (κ2) is 11.0. The van der Waals surface area contributed by atoms with Crippen LogP contribution in [0.2, 0.25) is 0 Å². The number of pyridine rings is 1. The summed E-state index contributed by atoms with van der Waals surface area (Å²) in [6, 6.07) is 10.9. The van der Waals surface area contributed by atoms with Gasteiger partial charge < -0.3 is 20.3 Å². The first-order valence-electron chi connectivity index (χ1n) is 12.9. The van der Waals surface area contributed by atoms with E-state index in [0.29, 0.717) is 41.5 Å². The molecular weight excluding hydrogens is 512 g/mol. The summed E-state index contributed by atoms with van der Waals surface area (Å²) in [6.07, 6.45) is 2.38. The zero-order valence-corrected chi connectivity index (χ0v) is 23.2. The van der Waals surface area contributed by atoms with Crippen LogP contribution in [0.5, 0.6) is 0 Å². The summed E-state index contributed by atoms with van der Waals surface area (Å²) < 4.78 is 3.69. The molecule has 9 nitrogen and oxygen atoms in total. The maximum Gasteiger partial charge on any atom is 0.270 e. The topological polar surface area (TPSA) is 114 Å². The number of hydrogen-bond acceptors (Lipinski definition) is 6. The Morgan fingerprint density at radius 3 is 2.67 bits per heavy atom. The van der Waals surface area contributed by atoms with Crippen molar-refractivity contribution in [3.05, 3.63) is 76.0 Å². The van der Waals surface area contributed by atoms with E-state index in [2.05, 4.69) is 15.6 Å². The van der Waals surface area contributed by atoms with Gasteiger partial charge in [-0.25, -0.2) is 9.97 Å². The minimum absolute atomic E-state index is 0.161. The van der Waals surface area contributed by atoms with Gasteiger partial charge in [0.25, 0.3) is 11.8 Å². The minimum Gasteiger partial charge on any atom is -0.394 e. The molecule has 1 atom stereocenters. The summed E-state index contributed by atoms with van der Waals surface area (Å²) in [5.41, 5.74) is 5.22. The average molecular weight is 545 g/mol. The fraction of sp³-hybridized carbons (Fsp3) is 0.310. The molecule has 0 fully saturated rings. The number of aryl methyl sites for hydroxylation is 2. The van der Waals surface area contributed by atoms with Gasteiger partial charge in [0.15, 0.2) is 5.65 Å². The van der Waals surface area contributed by atoms with E-state index in [1.165, 1.54) is 11.3 Å². The second-order valence-corrected chi connectivity index (χ2v) is 10.9. The standard InChI is InChI=1S/C29H32N6O3S/c1-17(2)12-21(15-36)32-29(38)26-25(20-9-11-39-16-20)33-27-22(6-5-10-35(26)27)28(37)30-14-19-7-8-24-23(13-19)31-18(3)34(24)4/h5-11,13,16-17,21,36H,12,14-15H2,1-4H3,(H,30,37)(H,32,38)/t21-/m0/s1. The molecule has 202 valence electrons. The molecule has 0 spiro atoms. The van der Waals surface area contributed by atoms with E-state index < -0.39 is 0 Å². The van der Waals surface area contributed by atoms with Gasteiger partial charge in [-0.3, -0.25) is 14.0 Å². The van der Waals surface area contributed by atoms with Gasteiger partial charge in [-0.1, -0.05) is 19.9 Å². The lowest BCUT2D eigenvalue weighted by Crippen LogP contribution is -2.39. The van der Waals surface area contributed by atoms with Crippen molar-refractivity contribution >= 4 is 39.8 Å². The number of nitrogens with zero attached hydrogens (tertiary/aromatic N) is 4. The molecule has 4 aromatic heterocycles. The van der Waals surface area contributed by atoms with Crippen LogP contribution in [0, 0.1) is 12.8 Å². The summed E-state index contributed by atoms with van der Waals surface area (Å²) in [5, 5.41) is 19.6. The minimum atomic E-state index is -0.384. The molecule has 0 unspecified atom stereocenters. The molecule has 39 heavy (non-hydrogen) atoms. The molecule has 0 radical (unpaired) electrons. The number of hydrogen-bond donors (Lipinski definition) is 3. The van der Waals surface area contributed by atoms with Crippen LogP contribution in [0.1, 0.15) is 52.5 Å². The fourth-order valence-electron chi connectivity index (χ4n) is 4.82. The van der Waals surface area contributed by atoms with Crippen LogP contribution in [-0.2, 0) is 13.6 Å². The lowest BCUT2D eigenvalue weighted by molar-refractivity contribution is 0.0901. The normalized spacial score (nSPS) is 12.4. The van der Waals surface area contributed by atoms with E-state index in [1.54, 1.807) is 22.7 Å². The third-order valence-corrected chi connectivity index (χ3v) is 7.52. The van der Waals surface area contributed by atoms with Crippen molar-refractivity contribution in [3.8, 4) is 11.3 Å². The number of nitrogens with one attached hydrogen (secondary N) is 2. The summed E-state index contributed by atoms with van der Waals surface area (Å²) in [6.45, 7) is 6.20. The first-order chi connectivity index (χ1) is 18.8. The molecule has 0 saturated heterocycles. The van der Waals surface area contributed by atoms with Crippen LogP contribution in [-0.4, -0.2) is 48.5 Å². The first-order valence-corrected chi connectivity index (χ1v) is 13.9. The molecule has 2 amide bonds. The van der Waals surface area contributed by atoms with Crippen LogP contribution in [0.4, 0.5) is 0 Å². The number of rotatable bonds is 9. The Kier molecular flexibility index (Phi) is 7.49. The predicted octanol–water partition coefficient (Wildman–Crippen LogP) is 4.32. The van der Waals surface area contributed by atoms with Gasteiger partial charge in [-0.2, -0.15) is 11.3 Å². The van der Waals surface area contributed by atoms with Crippen LogP contribution < -0.4 is 10.6 Å². The smallest absolute Gasteiger partial charge is 0.270 e. The Hall–Kier alpha value is -4.02. The Morgan fingerprint density at radius 2 is 1.95 bits per heavy atom. The maximum atomic E-state index is 13.5. The highest BCUT2D eigenvalue weighted by Crippen LogP contribution is 2.28. The molecule has 0 bridgehead atoms. The third-order valence-electron chi connectivity index (χ3n) is 6.84. The second-order valence-electron chi connectivity index (χ2n) is 10.1. The molecular formula is C29H32N6O3S. The van der Waals surface area contributed by atoms with Crippen LogP contribution in [0.25, 0.3) is 27.9 Å². The highest BCUT2D eigenvalue weighted by Gasteiger charge is 2.25. The van der Waals surface area contributed by atoms with Gasteiger partial charge in [0.1, 0.15) is 17.2 Å². The summed E-state index contributed by atoms with van der Waals surface area (Å²) >= 11 is 1.50. The summed E-state index contributed by atoms with van der Waals surface area (Å²) in [5.74, 6) is 0.589. The van der Waals surface area contributed by atoms with Crippen molar-refractivity contribution in [1.29, 1.82) is 0 Å². The summed E-state index contributed by atoms with van der Waals surface area (Å²) in [7, 11) is 1.98. The fourth-order valence-corrected chi connectivity index (χ4v) is 5.46. The van der Waals surface area contributed by atoms with Crippen molar-refractivity contribution in [3.63, 3.8) is 0 Å². The number of imidazole rings is 2. The van der Waals surface area contributed by atoms with Gasteiger partial charge in [0, 0.05) is 30.7 Å². The Labute approximate surface area is 230 Å². The molecule has 1 aromatic carbocycles. The van der Waals surface area contributed by atoms with E-state index in [4.69, 9.17) is 4.98 Å².